The van der Waals surface area contributed by atoms with Gasteiger partial charge in [0, 0.05) is 0 Å². The van der Waals surface area contributed by atoms with Gasteiger partial charge < -0.3 is 32.9 Å². The molecule has 0 radical (unpaired) electrons. The van der Waals surface area contributed by atoms with Gasteiger partial charge >= 0.3 is 27.0 Å². The van der Waals surface area contributed by atoms with E-state index >= 15 is 0 Å². The molecular weight excluding hydrogens is 233 g/mol. The summed E-state index contributed by atoms with van der Waals surface area (Å²) in [5, 5.41) is 0. The molecule has 0 aliphatic heterocycles. The van der Waals surface area contributed by atoms with Crippen LogP contribution in [0, 0.1) is 0 Å². The summed E-state index contributed by atoms with van der Waals surface area (Å²) in [6.45, 7) is 0. The number of hydrogen-bond donors (Lipinski definition) is 0. The molecule has 8 heavy (non-hydrogen) atoms. The van der Waals surface area contributed by atoms with Crippen LogP contribution < -0.4 is 0 Å². The van der Waals surface area contributed by atoms with Crippen molar-refractivity contribution in [2.24, 2.45) is 0 Å². The quantitative estimate of drug-likeness (QED) is 0.373. The van der Waals surface area contributed by atoms with E-state index in [1.54, 1.807) is 0 Å². The molecular formula is H12ClO6Ru. The molecule has 8 heteroatoms. The summed E-state index contributed by atoms with van der Waals surface area (Å²) < 4.78 is 0. The van der Waals surface area contributed by atoms with E-state index in [4.69, 9.17) is 0 Å². The fourth-order valence-electron chi connectivity index (χ4n) is 0. The van der Waals surface area contributed by atoms with Crippen LogP contribution in [0.1, 0.15) is 0 Å². The van der Waals surface area contributed by atoms with E-state index in [1.165, 1.54) is 0 Å². The molecule has 0 fully saturated rings. The van der Waals surface area contributed by atoms with Crippen LogP contribution in [0.15, 0.2) is 0 Å². The van der Waals surface area contributed by atoms with Crippen molar-refractivity contribution in [2.75, 3.05) is 0 Å². The Morgan fingerprint density at radius 3 is 0.500 bits per heavy atom. The van der Waals surface area contributed by atoms with Crippen LogP contribution in [0.25, 0.3) is 0 Å². The third-order valence-electron chi connectivity index (χ3n) is 0. The van der Waals surface area contributed by atoms with Crippen LogP contribution in [-0.2, 0) is 17.3 Å². The van der Waals surface area contributed by atoms with E-state index in [0.29, 0.717) is 0 Å². The number of hydrogen-bond acceptors (Lipinski definition) is 0. The standard InChI is InChI=1S/ClH.6H2O.Ru/h1H;6*1H2;/q;;;;;;;+1/p-1. The van der Waals surface area contributed by atoms with Crippen LogP contribution in [0.3, 0.4) is 0 Å². The van der Waals surface area contributed by atoms with Gasteiger partial charge in [0.25, 0.3) is 0 Å². The van der Waals surface area contributed by atoms with Gasteiger partial charge in [-0.25, -0.2) is 0 Å². The average molecular weight is 245 g/mol. The van der Waals surface area contributed by atoms with Crippen molar-refractivity contribution in [3.8, 4) is 0 Å². The molecule has 0 atom stereocenters. The van der Waals surface area contributed by atoms with Crippen molar-refractivity contribution >= 4 is 9.69 Å². The summed E-state index contributed by atoms with van der Waals surface area (Å²) in [5.74, 6) is 0. The van der Waals surface area contributed by atoms with E-state index in [2.05, 4.69) is 9.69 Å². The van der Waals surface area contributed by atoms with Gasteiger partial charge in [-0.05, 0) is 0 Å². The van der Waals surface area contributed by atoms with E-state index in [9.17, 15) is 0 Å². The molecule has 0 aromatic rings. The maximum atomic E-state index is 4.57. The predicted molar refractivity (Wildman–Crippen MR) is 27.5 cm³/mol. The first-order valence-corrected chi connectivity index (χ1v) is 2.37. The summed E-state index contributed by atoms with van der Waals surface area (Å²) in [4.78, 5) is 0. The Bertz CT molecular complexity index is 8.49. The van der Waals surface area contributed by atoms with Gasteiger partial charge in [-0.2, -0.15) is 0 Å². The zero-order valence-corrected chi connectivity index (χ0v) is 6.23. The van der Waals surface area contributed by atoms with Crippen LogP contribution in [0.5, 0.6) is 0 Å². The van der Waals surface area contributed by atoms with Gasteiger partial charge in [0.2, 0.25) is 0 Å². The van der Waals surface area contributed by atoms with Crippen molar-refractivity contribution in [3.05, 3.63) is 0 Å². The SMILES string of the molecule is O.O.O.O.O.O.[Cl][Ru]. The molecule has 0 saturated carbocycles. The first-order valence-electron chi connectivity index (χ1n) is 0.134. The van der Waals surface area contributed by atoms with Crippen LogP contribution >= 0.6 is 9.69 Å². The molecule has 0 spiro atoms. The Morgan fingerprint density at radius 1 is 0.500 bits per heavy atom. The van der Waals surface area contributed by atoms with Gasteiger partial charge in [0.1, 0.15) is 0 Å². The average Bonchev–Trinajstić information content (AvgIpc) is 1.00. The van der Waals surface area contributed by atoms with Crippen LogP contribution in [-0.4, -0.2) is 32.9 Å². The fraction of sp³-hybridized carbons (Fsp3) is 0. The third-order valence-corrected chi connectivity index (χ3v) is 0. The molecule has 0 heterocycles. The summed E-state index contributed by atoms with van der Waals surface area (Å²) in [6.07, 6.45) is 0. The summed E-state index contributed by atoms with van der Waals surface area (Å²) >= 11 is 1.82. The first kappa shape index (κ1) is 182. The second-order valence-electron chi connectivity index (χ2n) is 0. The number of rotatable bonds is 0. The summed E-state index contributed by atoms with van der Waals surface area (Å²) in [6, 6.07) is 0. The van der Waals surface area contributed by atoms with Gasteiger partial charge in [-0.1, -0.05) is 0 Å². The minimum absolute atomic E-state index is 0. The van der Waals surface area contributed by atoms with Gasteiger partial charge in [-0.3, -0.25) is 0 Å². The van der Waals surface area contributed by atoms with Crippen molar-refractivity contribution in [2.45, 2.75) is 0 Å². The van der Waals surface area contributed by atoms with Gasteiger partial charge in [0.15, 0.2) is 0 Å². The Kier molecular flexibility index (Phi) is 17200. The van der Waals surface area contributed by atoms with E-state index in [-0.39, 0.29) is 32.9 Å². The second-order valence-corrected chi connectivity index (χ2v) is 0. The van der Waals surface area contributed by atoms with Gasteiger partial charge in [-0.15, -0.1) is 0 Å². The molecule has 0 bridgehead atoms. The Labute approximate surface area is 60.4 Å². The topological polar surface area (TPSA) is 189 Å². The Hall–Kier alpha value is 0.673. The second kappa shape index (κ2) is 754. The van der Waals surface area contributed by atoms with E-state index in [1.807, 2.05) is 17.3 Å². The normalized spacial score (nSPS) is 0.750. The molecule has 0 saturated heterocycles. The van der Waals surface area contributed by atoms with Crippen LogP contribution in [0.4, 0.5) is 0 Å². The molecule has 0 aromatic carbocycles. The van der Waals surface area contributed by atoms with Crippen LogP contribution in [0.2, 0.25) is 0 Å². The Balaban J connectivity index is -0.000000000333. The van der Waals surface area contributed by atoms with Crippen molar-refractivity contribution in [1.82, 2.24) is 0 Å². The fourth-order valence-corrected chi connectivity index (χ4v) is 0. The monoisotopic (exact) mass is 245 g/mol. The number of halogens is 1. The third kappa shape index (κ3) is 474. The van der Waals surface area contributed by atoms with Crippen molar-refractivity contribution in [3.63, 3.8) is 0 Å². The molecule has 0 rings (SSSR count). The van der Waals surface area contributed by atoms with E-state index < -0.39 is 0 Å². The molecule has 63 valence electrons. The molecule has 0 aromatic heterocycles. The zero-order chi connectivity index (χ0) is 2.00. The Morgan fingerprint density at radius 2 is 0.500 bits per heavy atom. The summed E-state index contributed by atoms with van der Waals surface area (Å²) in [5.41, 5.74) is 0. The molecule has 12 N–H and O–H groups in total. The minimum atomic E-state index is 0. The first-order chi connectivity index (χ1) is 1.00. The molecule has 0 amide bonds. The molecule has 6 nitrogen and oxygen atoms in total. The van der Waals surface area contributed by atoms with Gasteiger partial charge in [0.05, 0.1) is 0 Å². The summed E-state index contributed by atoms with van der Waals surface area (Å²) in [7, 11) is 4.57. The molecule has 0 aliphatic carbocycles. The maximum absolute atomic E-state index is 4.57. The zero-order valence-electron chi connectivity index (χ0n) is 3.73. The van der Waals surface area contributed by atoms with Crippen molar-refractivity contribution < 1.29 is 50.2 Å². The predicted octanol–water partition coefficient (Wildman–Crippen LogP) is -4.26. The van der Waals surface area contributed by atoms with Crippen molar-refractivity contribution in [1.29, 1.82) is 0 Å². The van der Waals surface area contributed by atoms with E-state index in [0.717, 1.165) is 0 Å². The molecule has 0 aliphatic rings. The molecule has 0 unspecified atom stereocenters.